The molecule has 6 heteroatoms. The van der Waals surface area contributed by atoms with Crippen LogP contribution in [-0.2, 0) is 4.74 Å². The van der Waals surface area contributed by atoms with Crippen molar-refractivity contribution in [2.75, 3.05) is 18.0 Å². The second-order valence-electron chi connectivity index (χ2n) is 8.67. The maximum absolute atomic E-state index is 13.7. The maximum Gasteiger partial charge on any atom is 0.410 e. The van der Waals surface area contributed by atoms with Crippen molar-refractivity contribution in [1.82, 2.24) is 4.90 Å². The van der Waals surface area contributed by atoms with Crippen molar-refractivity contribution in [3.05, 3.63) is 29.0 Å². The molecule has 1 aromatic carbocycles. The highest BCUT2D eigenvalue weighted by molar-refractivity contribution is 6.31. The van der Waals surface area contributed by atoms with Crippen LogP contribution in [0.2, 0.25) is 5.02 Å². The van der Waals surface area contributed by atoms with Crippen LogP contribution < -0.4 is 4.90 Å². The van der Waals surface area contributed by atoms with Crippen molar-refractivity contribution >= 4 is 23.4 Å². The third-order valence-corrected chi connectivity index (χ3v) is 5.67. The summed E-state index contributed by atoms with van der Waals surface area (Å²) in [6.45, 7) is 6.95. The normalized spacial score (nSPS) is 21.4. The van der Waals surface area contributed by atoms with E-state index in [0.717, 1.165) is 24.9 Å². The number of amides is 1. The van der Waals surface area contributed by atoms with Crippen LogP contribution in [0.5, 0.6) is 0 Å². The molecule has 0 bridgehead atoms. The van der Waals surface area contributed by atoms with Crippen LogP contribution in [0, 0.1) is 5.82 Å². The average Bonchev–Trinajstić information content (AvgIpc) is 3.08. The van der Waals surface area contributed by atoms with Crippen molar-refractivity contribution < 1.29 is 13.9 Å². The van der Waals surface area contributed by atoms with Gasteiger partial charge in [-0.3, -0.25) is 0 Å². The Morgan fingerprint density at radius 1 is 1.19 bits per heavy atom. The van der Waals surface area contributed by atoms with Gasteiger partial charge in [0.1, 0.15) is 11.4 Å². The minimum Gasteiger partial charge on any atom is -0.444 e. The molecule has 0 spiro atoms. The molecule has 1 aliphatic carbocycles. The van der Waals surface area contributed by atoms with E-state index in [1.165, 1.54) is 25.3 Å². The monoisotopic (exact) mass is 396 g/mol. The van der Waals surface area contributed by atoms with Gasteiger partial charge in [0.2, 0.25) is 0 Å². The summed E-state index contributed by atoms with van der Waals surface area (Å²) in [5, 5.41) is 0.148. The first-order chi connectivity index (χ1) is 12.7. The molecule has 2 aliphatic rings. The number of rotatable bonds is 3. The highest BCUT2D eigenvalue weighted by Gasteiger charge is 2.36. The summed E-state index contributed by atoms with van der Waals surface area (Å²) in [5.41, 5.74) is 0.451. The number of hydrogen-bond donors (Lipinski definition) is 0. The lowest BCUT2D eigenvalue weighted by Crippen LogP contribution is -2.46. The van der Waals surface area contributed by atoms with Gasteiger partial charge in [-0.25, -0.2) is 9.18 Å². The first-order valence-corrected chi connectivity index (χ1v) is 10.3. The fourth-order valence-corrected chi connectivity index (χ4v) is 4.36. The number of ether oxygens (including phenoxy) is 1. The molecule has 2 fully saturated rings. The predicted octanol–water partition coefficient (Wildman–Crippen LogP) is 5.63. The smallest absolute Gasteiger partial charge is 0.410 e. The van der Waals surface area contributed by atoms with Gasteiger partial charge in [-0.2, -0.15) is 0 Å². The molecular weight excluding hydrogens is 367 g/mol. The van der Waals surface area contributed by atoms with Crippen molar-refractivity contribution in [1.29, 1.82) is 0 Å². The lowest BCUT2D eigenvalue weighted by molar-refractivity contribution is 0.0292. The first kappa shape index (κ1) is 20.2. The summed E-state index contributed by atoms with van der Waals surface area (Å²) in [7, 11) is 0. The Morgan fingerprint density at radius 3 is 2.52 bits per heavy atom. The molecule has 1 heterocycles. The lowest BCUT2D eigenvalue weighted by atomic mass is 9.92. The Kier molecular flexibility index (Phi) is 6.19. The molecule has 27 heavy (non-hydrogen) atoms. The number of halogens is 2. The van der Waals surface area contributed by atoms with Crippen molar-refractivity contribution in [3.63, 3.8) is 0 Å². The van der Waals surface area contributed by atoms with Crippen LogP contribution in [0.25, 0.3) is 0 Å². The molecule has 150 valence electrons. The largest absolute Gasteiger partial charge is 0.444 e. The Labute approximate surface area is 166 Å². The second kappa shape index (κ2) is 8.26. The topological polar surface area (TPSA) is 32.8 Å². The summed E-state index contributed by atoms with van der Waals surface area (Å²) in [5.74, 6) is -0.397. The molecule has 1 aromatic rings. The van der Waals surface area contributed by atoms with Crippen molar-refractivity contribution in [2.45, 2.75) is 77.0 Å². The van der Waals surface area contributed by atoms with Crippen LogP contribution in [0.4, 0.5) is 14.9 Å². The molecule has 1 unspecified atom stereocenters. The third-order valence-electron chi connectivity index (χ3n) is 5.38. The maximum atomic E-state index is 13.7. The van der Waals surface area contributed by atoms with Crippen molar-refractivity contribution in [3.8, 4) is 0 Å². The summed E-state index contributed by atoms with van der Waals surface area (Å²) >= 11 is 6.07. The molecule has 4 nitrogen and oxygen atoms in total. The molecule has 1 aliphatic heterocycles. The van der Waals surface area contributed by atoms with Gasteiger partial charge >= 0.3 is 6.09 Å². The number of hydrogen-bond acceptors (Lipinski definition) is 3. The molecule has 1 saturated carbocycles. The minimum atomic E-state index is -0.497. The molecule has 0 N–H and O–H groups in total. The zero-order valence-corrected chi connectivity index (χ0v) is 17.3. The van der Waals surface area contributed by atoms with Gasteiger partial charge in [0.05, 0.1) is 5.02 Å². The molecule has 1 atom stereocenters. The van der Waals surface area contributed by atoms with E-state index in [9.17, 15) is 9.18 Å². The average molecular weight is 397 g/mol. The zero-order valence-electron chi connectivity index (χ0n) is 16.5. The van der Waals surface area contributed by atoms with E-state index in [2.05, 4.69) is 4.90 Å². The summed E-state index contributed by atoms with van der Waals surface area (Å²) < 4.78 is 19.2. The Balaban J connectivity index is 1.79. The van der Waals surface area contributed by atoms with Gasteiger partial charge < -0.3 is 14.5 Å². The number of carbonyl (C=O) groups is 1. The molecular formula is C21H30ClFN2O2. The van der Waals surface area contributed by atoms with Gasteiger partial charge in [0.25, 0.3) is 0 Å². The Bertz CT molecular complexity index is 671. The Morgan fingerprint density at radius 2 is 1.89 bits per heavy atom. The fourth-order valence-electron chi connectivity index (χ4n) is 4.19. The number of likely N-dealkylation sites (tertiary alicyclic amines) is 1. The van der Waals surface area contributed by atoms with E-state index >= 15 is 0 Å². The van der Waals surface area contributed by atoms with E-state index in [1.807, 2.05) is 26.8 Å². The fraction of sp³-hybridized carbons (Fsp3) is 0.667. The highest BCUT2D eigenvalue weighted by atomic mass is 35.5. The predicted molar refractivity (Wildman–Crippen MR) is 107 cm³/mol. The lowest BCUT2D eigenvalue weighted by Gasteiger charge is -2.40. The summed E-state index contributed by atoms with van der Waals surface area (Å²) in [6.07, 6.45) is 6.55. The highest BCUT2D eigenvalue weighted by Crippen LogP contribution is 2.34. The van der Waals surface area contributed by atoms with E-state index < -0.39 is 11.4 Å². The van der Waals surface area contributed by atoms with Gasteiger partial charge in [0, 0.05) is 30.9 Å². The minimum absolute atomic E-state index is 0.148. The third kappa shape index (κ3) is 5.07. The van der Waals surface area contributed by atoms with Crippen LogP contribution in [0.15, 0.2) is 18.2 Å². The quantitative estimate of drug-likeness (QED) is 0.663. The van der Waals surface area contributed by atoms with Crippen LogP contribution in [0.3, 0.4) is 0 Å². The van der Waals surface area contributed by atoms with Crippen LogP contribution in [-0.4, -0.2) is 41.8 Å². The van der Waals surface area contributed by atoms with E-state index in [-0.39, 0.29) is 17.2 Å². The summed E-state index contributed by atoms with van der Waals surface area (Å²) in [4.78, 5) is 16.6. The zero-order chi connectivity index (χ0) is 19.6. The summed E-state index contributed by atoms with van der Waals surface area (Å²) in [6, 6.07) is 5.58. The van der Waals surface area contributed by atoms with E-state index in [1.54, 1.807) is 11.0 Å². The second-order valence-corrected chi connectivity index (χ2v) is 9.07. The number of nitrogens with zero attached hydrogens (tertiary/aromatic N) is 2. The number of benzene rings is 1. The number of anilines is 1. The van der Waals surface area contributed by atoms with Gasteiger partial charge in [-0.1, -0.05) is 30.9 Å². The van der Waals surface area contributed by atoms with E-state index in [4.69, 9.17) is 16.3 Å². The molecule has 0 radical (unpaired) electrons. The standard InChI is InChI=1S/C21H30ClFN2O2/c1-21(2,3)27-20(26)24-12-11-17(14-24)25(15-7-5-4-6-8-15)16-9-10-19(23)18(22)13-16/h9-10,13,15,17H,4-8,11-12,14H2,1-3H3. The number of carbonyl (C=O) groups excluding carboxylic acids is 1. The molecule has 1 amide bonds. The molecule has 0 aromatic heterocycles. The van der Waals surface area contributed by atoms with Gasteiger partial charge in [0.15, 0.2) is 0 Å². The Hall–Kier alpha value is -1.49. The van der Waals surface area contributed by atoms with Gasteiger partial charge in [-0.15, -0.1) is 0 Å². The van der Waals surface area contributed by atoms with Crippen molar-refractivity contribution in [2.24, 2.45) is 0 Å². The van der Waals surface area contributed by atoms with E-state index in [0.29, 0.717) is 19.1 Å². The van der Waals surface area contributed by atoms with Crippen LogP contribution in [0.1, 0.15) is 59.3 Å². The molecule has 3 rings (SSSR count). The van der Waals surface area contributed by atoms with Crippen LogP contribution >= 0.6 is 11.6 Å². The first-order valence-electron chi connectivity index (χ1n) is 9.96. The SMILES string of the molecule is CC(C)(C)OC(=O)N1CCC(N(c2ccc(F)c(Cl)c2)C2CCCCC2)C1. The molecule has 1 saturated heterocycles. The van der Waals surface area contributed by atoms with Gasteiger partial charge in [-0.05, 0) is 58.2 Å².